The normalized spacial score (nSPS) is 19.4. The number of rotatable bonds is 7. The van der Waals surface area contributed by atoms with Crippen molar-refractivity contribution in [3.8, 4) is 0 Å². The first-order valence-electron chi connectivity index (χ1n) is 11.2. The van der Waals surface area contributed by atoms with Gasteiger partial charge in [0.15, 0.2) is 5.82 Å². The van der Waals surface area contributed by atoms with Crippen LogP contribution in [-0.2, 0) is 23.0 Å². The Hall–Kier alpha value is -2.43. The molecule has 0 fully saturated rings. The molecular weight excluding hydrogens is 374 g/mol. The maximum atomic E-state index is 13.4. The van der Waals surface area contributed by atoms with Gasteiger partial charge in [-0.25, -0.2) is 4.99 Å². The summed E-state index contributed by atoms with van der Waals surface area (Å²) >= 11 is 0. The van der Waals surface area contributed by atoms with Crippen LogP contribution in [0.1, 0.15) is 88.6 Å². The van der Waals surface area contributed by atoms with E-state index in [9.17, 15) is 4.79 Å². The topological polar surface area (TPSA) is 56.5 Å². The van der Waals surface area contributed by atoms with Gasteiger partial charge in [0.05, 0.1) is 11.8 Å². The number of ether oxygens (including phenoxy) is 1. The molecule has 0 radical (unpaired) electrons. The van der Waals surface area contributed by atoms with Crippen molar-refractivity contribution in [2.45, 2.75) is 78.7 Å². The van der Waals surface area contributed by atoms with Crippen LogP contribution in [0, 0.1) is 5.92 Å². The van der Waals surface area contributed by atoms with Crippen LogP contribution in [0.15, 0.2) is 29.3 Å². The number of nitrogens with zero attached hydrogens (tertiary/aromatic N) is 3. The molecule has 0 saturated heterocycles. The number of aromatic nitrogens is 2. The van der Waals surface area contributed by atoms with Crippen LogP contribution in [0.3, 0.4) is 0 Å². The number of carbonyl (C=O) groups excluding carboxylic acids is 1. The van der Waals surface area contributed by atoms with Crippen molar-refractivity contribution in [2.75, 3.05) is 0 Å². The molecule has 1 aliphatic rings. The Morgan fingerprint density at radius 1 is 1.20 bits per heavy atom. The lowest BCUT2D eigenvalue weighted by atomic mass is 9.73. The van der Waals surface area contributed by atoms with Gasteiger partial charge in [0.25, 0.3) is 0 Å². The maximum Gasteiger partial charge on any atom is 0.315 e. The molecule has 0 aliphatic carbocycles. The summed E-state index contributed by atoms with van der Waals surface area (Å²) in [5, 5.41) is 4.80. The summed E-state index contributed by atoms with van der Waals surface area (Å²) < 4.78 is 7.70. The molecule has 5 heteroatoms. The highest BCUT2D eigenvalue weighted by Crippen LogP contribution is 2.46. The Balaban J connectivity index is 2.25. The molecule has 2 aromatic rings. The molecule has 162 valence electrons. The minimum absolute atomic E-state index is 0.114. The molecule has 30 heavy (non-hydrogen) atoms. The molecule has 5 nitrogen and oxygen atoms in total. The summed E-state index contributed by atoms with van der Waals surface area (Å²) in [5.41, 5.74) is 5.36. The monoisotopic (exact) mass is 409 g/mol. The largest absolute Gasteiger partial charge is 0.462 e. The van der Waals surface area contributed by atoms with Crippen molar-refractivity contribution >= 4 is 17.5 Å². The molecule has 1 aromatic carbocycles. The lowest BCUT2D eigenvalue weighted by molar-refractivity contribution is -0.151. The van der Waals surface area contributed by atoms with E-state index in [1.807, 2.05) is 32.5 Å². The molecular formula is C25H35N3O2. The first-order valence-corrected chi connectivity index (χ1v) is 11.2. The first-order chi connectivity index (χ1) is 14.3. The van der Waals surface area contributed by atoms with Gasteiger partial charge in [0.2, 0.25) is 0 Å². The Labute approximate surface area is 180 Å². The highest BCUT2D eigenvalue weighted by atomic mass is 16.5. The van der Waals surface area contributed by atoms with E-state index in [2.05, 4.69) is 45.0 Å². The third kappa shape index (κ3) is 4.07. The van der Waals surface area contributed by atoms with Crippen LogP contribution in [0.25, 0.3) is 0 Å². The molecule has 3 atom stereocenters. The van der Waals surface area contributed by atoms with Crippen LogP contribution in [0.4, 0.5) is 5.82 Å². The third-order valence-corrected chi connectivity index (χ3v) is 6.09. The lowest BCUT2D eigenvalue weighted by Gasteiger charge is -2.32. The molecule has 0 amide bonds. The Kier molecular flexibility index (Phi) is 6.79. The van der Waals surface area contributed by atoms with Crippen molar-refractivity contribution in [2.24, 2.45) is 18.0 Å². The van der Waals surface area contributed by atoms with Gasteiger partial charge in [-0.3, -0.25) is 9.48 Å². The van der Waals surface area contributed by atoms with Crippen molar-refractivity contribution in [3.05, 3.63) is 46.6 Å². The molecule has 0 saturated carbocycles. The number of aliphatic imine (C=N–C) groups is 1. The Morgan fingerprint density at radius 2 is 1.90 bits per heavy atom. The van der Waals surface area contributed by atoms with Gasteiger partial charge in [-0.15, -0.1) is 0 Å². The van der Waals surface area contributed by atoms with Gasteiger partial charge in [0.1, 0.15) is 5.92 Å². The van der Waals surface area contributed by atoms with Crippen molar-refractivity contribution in [1.29, 1.82) is 0 Å². The minimum Gasteiger partial charge on any atom is -0.462 e. The number of hydrogen-bond acceptors (Lipinski definition) is 4. The van der Waals surface area contributed by atoms with Gasteiger partial charge in [0, 0.05) is 24.2 Å². The highest BCUT2D eigenvalue weighted by Gasteiger charge is 2.43. The second-order valence-electron chi connectivity index (χ2n) is 8.71. The summed E-state index contributed by atoms with van der Waals surface area (Å²) in [6.45, 7) is 12.5. The highest BCUT2D eigenvalue weighted by molar-refractivity contribution is 6.05. The summed E-state index contributed by atoms with van der Waals surface area (Å²) in [4.78, 5) is 18.2. The van der Waals surface area contributed by atoms with E-state index in [-0.39, 0.29) is 18.0 Å². The molecule has 1 aliphatic heterocycles. The zero-order valence-corrected chi connectivity index (χ0v) is 19.4. The summed E-state index contributed by atoms with van der Waals surface area (Å²) in [5.74, 6) is 0.452. The van der Waals surface area contributed by atoms with Gasteiger partial charge in [-0.1, -0.05) is 58.4 Å². The summed E-state index contributed by atoms with van der Waals surface area (Å²) in [6.07, 6.45) is 2.54. The van der Waals surface area contributed by atoms with E-state index in [1.165, 1.54) is 11.1 Å². The predicted molar refractivity (Wildman–Crippen MR) is 122 cm³/mol. The van der Waals surface area contributed by atoms with E-state index in [4.69, 9.17) is 14.8 Å². The fourth-order valence-corrected chi connectivity index (χ4v) is 4.42. The Morgan fingerprint density at radius 3 is 2.53 bits per heavy atom. The molecule has 0 spiro atoms. The van der Waals surface area contributed by atoms with E-state index in [1.54, 1.807) is 0 Å². The molecule has 0 bridgehead atoms. The van der Waals surface area contributed by atoms with Crippen LogP contribution < -0.4 is 0 Å². The SMILES string of the molecule is CCCc1nn(C)c2c1C(c1ccccc1C(C)C)C(C(=O)OC(C)CC)C(C)=N2. The van der Waals surface area contributed by atoms with Crippen LogP contribution in [-0.4, -0.2) is 27.6 Å². The van der Waals surface area contributed by atoms with Gasteiger partial charge < -0.3 is 4.74 Å². The first kappa shape index (κ1) is 22.3. The van der Waals surface area contributed by atoms with E-state index in [0.717, 1.165) is 42.0 Å². The number of aryl methyl sites for hydroxylation is 2. The van der Waals surface area contributed by atoms with Gasteiger partial charge in [-0.05, 0) is 43.7 Å². The summed E-state index contributed by atoms with van der Waals surface area (Å²) in [7, 11) is 1.94. The molecule has 2 heterocycles. The van der Waals surface area contributed by atoms with E-state index in [0.29, 0.717) is 5.92 Å². The maximum absolute atomic E-state index is 13.4. The minimum atomic E-state index is -0.439. The van der Waals surface area contributed by atoms with Crippen molar-refractivity contribution in [3.63, 3.8) is 0 Å². The second kappa shape index (κ2) is 9.15. The number of fused-ring (bicyclic) bond motifs is 1. The average molecular weight is 410 g/mol. The smallest absolute Gasteiger partial charge is 0.315 e. The molecule has 3 unspecified atom stereocenters. The fraction of sp³-hybridized carbons (Fsp3) is 0.560. The predicted octanol–water partition coefficient (Wildman–Crippen LogP) is 5.69. The third-order valence-electron chi connectivity index (χ3n) is 6.09. The van der Waals surface area contributed by atoms with E-state index < -0.39 is 5.92 Å². The Bertz CT molecular complexity index is 942. The van der Waals surface area contributed by atoms with Crippen LogP contribution in [0.5, 0.6) is 0 Å². The van der Waals surface area contributed by atoms with Crippen molar-refractivity contribution < 1.29 is 9.53 Å². The zero-order valence-electron chi connectivity index (χ0n) is 19.4. The summed E-state index contributed by atoms with van der Waals surface area (Å²) in [6, 6.07) is 8.48. The van der Waals surface area contributed by atoms with E-state index >= 15 is 0 Å². The fourth-order valence-electron chi connectivity index (χ4n) is 4.42. The number of esters is 1. The van der Waals surface area contributed by atoms with Gasteiger partial charge >= 0.3 is 5.97 Å². The second-order valence-corrected chi connectivity index (χ2v) is 8.71. The average Bonchev–Trinajstić information content (AvgIpc) is 3.02. The van der Waals surface area contributed by atoms with Gasteiger partial charge in [-0.2, -0.15) is 5.10 Å². The van der Waals surface area contributed by atoms with Crippen LogP contribution in [0.2, 0.25) is 0 Å². The molecule has 1 aromatic heterocycles. The standard InChI is InChI=1S/C25H35N3O2/c1-8-12-20-23-22(19-14-11-10-13-18(19)15(3)4)21(25(29)30-16(5)9-2)17(6)26-24(23)28(7)27-20/h10-11,13-16,21-22H,8-9,12H2,1-7H3. The molecule has 0 N–H and O–H groups in total. The number of benzene rings is 1. The number of carbonyl (C=O) groups is 1. The van der Waals surface area contributed by atoms with Crippen LogP contribution >= 0.6 is 0 Å². The van der Waals surface area contributed by atoms with Crippen molar-refractivity contribution in [1.82, 2.24) is 9.78 Å². The molecule has 3 rings (SSSR count). The lowest BCUT2D eigenvalue weighted by Crippen LogP contribution is -2.35. The number of hydrogen-bond donors (Lipinski definition) is 0. The zero-order chi connectivity index (χ0) is 22.0. The quantitative estimate of drug-likeness (QED) is 0.552.